The Balaban J connectivity index is 1.79. The minimum atomic E-state index is 0.552. The molecule has 1 saturated heterocycles. The molecule has 0 aromatic carbocycles. The van der Waals surface area contributed by atoms with Crippen molar-refractivity contribution >= 4 is 0 Å². The Morgan fingerprint density at radius 2 is 1.90 bits per heavy atom. The Kier molecular flexibility index (Phi) is 6.22. The molecule has 0 radical (unpaired) electrons. The van der Waals surface area contributed by atoms with Crippen LogP contribution in [0.4, 0.5) is 0 Å². The van der Waals surface area contributed by atoms with E-state index in [-0.39, 0.29) is 0 Å². The summed E-state index contributed by atoms with van der Waals surface area (Å²) in [7, 11) is 0. The van der Waals surface area contributed by atoms with Crippen LogP contribution in [-0.2, 0) is 6.42 Å². The molecule has 0 bridgehead atoms. The smallest absolute Gasteiger partial charge is 0.0827 e. The van der Waals surface area contributed by atoms with Gasteiger partial charge in [0.1, 0.15) is 0 Å². The zero-order valence-corrected chi connectivity index (χ0v) is 14.3. The van der Waals surface area contributed by atoms with Crippen LogP contribution in [0.1, 0.15) is 71.5 Å². The highest BCUT2D eigenvalue weighted by Gasteiger charge is 2.24. The number of nitrogens with zero attached hydrogens (tertiary/aromatic N) is 4. The SMILES string of the molecule is CCCc1cn(C2CCN(C(C)CCC(C)C)CC2)nn1. The van der Waals surface area contributed by atoms with E-state index < -0.39 is 0 Å². The van der Waals surface area contributed by atoms with Crippen LogP contribution in [0.3, 0.4) is 0 Å². The Labute approximate surface area is 129 Å². The van der Waals surface area contributed by atoms with Crippen molar-refractivity contribution in [3.05, 3.63) is 11.9 Å². The molecule has 0 spiro atoms. The van der Waals surface area contributed by atoms with E-state index in [2.05, 4.69) is 53.8 Å². The first-order valence-electron chi connectivity index (χ1n) is 8.75. The second kappa shape index (κ2) is 7.92. The predicted octanol–water partition coefficient (Wildman–Crippen LogP) is 3.69. The molecule has 0 N–H and O–H groups in total. The molecule has 0 saturated carbocycles. The van der Waals surface area contributed by atoms with Gasteiger partial charge in [-0.2, -0.15) is 0 Å². The monoisotopic (exact) mass is 292 g/mol. The standard InChI is InChI=1S/C17H32N4/c1-5-6-16-13-21(19-18-16)17-9-11-20(12-10-17)15(4)8-7-14(2)3/h13-15,17H,5-12H2,1-4H3. The van der Waals surface area contributed by atoms with Crippen LogP contribution in [0.25, 0.3) is 0 Å². The molecule has 0 amide bonds. The Hall–Kier alpha value is -0.900. The Morgan fingerprint density at radius 1 is 1.19 bits per heavy atom. The molecule has 1 atom stereocenters. The lowest BCUT2D eigenvalue weighted by atomic mass is 9.99. The maximum absolute atomic E-state index is 4.34. The first-order valence-corrected chi connectivity index (χ1v) is 8.75. The highest BCUT2D eigenvalue weighted by Crippen LogP contribution is 2.24. The summed E-state index contributed by atoms with van der Waals surface area (Å²) in [6.45, 7) is 11.6. The van der Waals surface area contributed by atoms with Crippen molar-refractivity contribution in [1.29, 1.82) is 0 Å². The van der Waals surface area contributed by atoms with E-state index in [4.69, 9.17) is 0 Å². The fraction of sp³-hybridized carbons (Fsp3) is 0.882. The first kappa shape index (κ1) is 16.5. The molecule has 1 unspecified atom stereocenters. The van der Waals surface area contributed by atoms with Crippen molar-refractivity contribution in [2.45, 2.75) is 78.3 Å². The molecule has 1 fully saturated rings. The van der Waals surface area contributed by atoms with Crippen molar-refractivity contribution in [3.8, 4) is 0 Å². The van der Waals surface area contributed by atoms with Crippen molar-refractivity contribution < 1.29 is 0 Å². The van der Waals surface area contributed by atoms with Crippen molar-refractivity contribution in [1.82, 2.24) is 19.9 Å². The van der Waals surface area contributed by atoms with Gasteiger partial charge in [0.2, 0.25) is 0 Å². The van der Waals surface area contributed by atoms with Crippen LogP contribution in [0, 0.1) is 5.92 Å². The molecule has 1 aromatic heterocycles. The summed E-state index contributed by atoms with van der Waals surface area (Å²) in [4.78, 5) is 2.66. The van der Waals surface area contributed by atoms with E-state index in [0.29, 0.717) is 6.04 Å². The summed E-state index contributed by atoms with van der Waals surface area (Å²) in [5, 5.41) is 8.62. The van der Waals surface area contributed by atoms with E-state index in [1.54, 1.807) is 0 Å². The second-order valence-electron chi connectivity index (χ2n) is 7.03. The van der Waals surface area contributed by atoms with Gasteiger partial charge in [-0.15, -0.1) is 5.10 Å². The zero-order chi connectivity index (χ0) is 15.2. The van der Waals surface area contributed by atoms with Gasteiger partial charge >= 0.3 is 0 Å². The molecule has 0 aliphatic carbocycles. The minimum Gasteiger partial charge on any atom is -0.301 e. The third-order valence-corrected chi connectivity index (χ3v) is 4.72. The van der Waals surface area contributed by atoms with Crippen LogP contribution < -0.4 is 0 Å². The third kappa shape index (κ3) is 4.80. The summed E-state index contributed by atoms with van der Waals surface area (Å²) < 4.78 is 2.11. The highest BCUT2D eigenvalue weighted by molar-refractivity contribution is 4.94. The molecule has 1 aliphatic heterocycles. The van der Waals surface area contributed by atoms with Gasteiger partial charge in [0.25, 0.3) is 0 Å². The normalized spacial score (nSPS) is 19.3. The van der Waals surface area contributed by atoms with Gasteiger partial charge in [-0.25, -0.2) is 4.68 Å². The minimum absolute atomic E-state index is 0.552. The lowest BCUT2D eigenvalue weighted by Crippen LogP contribution is -2.40. The lowest BCUT2D eigenvalue weighted by molar-refractivity contribution is 0.129. The Morgan fingerprint density at radius 3 is 2.52 bits per heavy atom. The average Bonchev–Trinajstić information content (AvgIpc) is 2.94. The molecule has 4 heteroatoms. The van der Waals surface area contributed by atoms with E-state index in [0.717, 1.165) is 30.5 Å². The summed E-state index contributed by atoms with van der Waals surface area (Å²) in [5.41, 5.74) is 1.14. The van der Waals surface area contributed by atoms with Crippen LogP contribution in [0.5, 0.6) is 0 Å². The molecule has 1 aliphatic rings. The van der Waals surface area contributed by atoms with Gasteiger partial charge in [0.05, 0.1) is 11.7 Å². The van der Waals surface area contributed by atoms with E-state index in [9.17, 15) is 0 Å². The van der Waals surface area contributed by atoms with E-state index >= 15 is 0 Å². The summed E-state index contributed by atoms with van der Waals surface area (Å²) in [6, 6.07) is 1.27. The average molecular weight is 292 g/mol. The van der Waals surface area contributed by atoms with Gasteiger partial charge < -0.3 is 4.90 Å². The van der Waals surface area contributed by atoms with Gasteiger partial charge in [-0.05, 0) is 44.9 Å². The molecule has 120 valence electrons. The number of aromatic nitrogens is 3. The van der Waals surface area contributed by atoms with E-state index in [1.165, 1.54) is 38.8 Å². The lowest BCUT2D eigenvalue weighted by Gasteiger charge is -2.36. The number of aryl methyl sites for hydroxylation is 1. The highest BCUT2D eigenvalue weighted by atomic mass is 15.4. The fourth-order valence-corrected chi connectivity index (χ4v) is 3.21. The van der Waals surface area contributed by atoms with Crippen molar-refractivity contribution in [2.75, 3.05) is 13.1 Å². The Bertz CT molecular complexity index is 405. The first-order chi connectivity index (χ1) is 10.1. The fourth-order valence-electron chi connectivity index (χ4n) is 3.21. The number of hydrogen-bond acceptors (Lipinski definition) is 3. The number of hydrogen-bond donors (Lipinski definition) is 0. The van der Waals surface area contributed by atoms with Gasteiger partial charge in [0.15, 0.2) is 0 Å². The van der Waals surface area contributed by atoms with Crippen LogP contribution in [0.15, 0.2) is 6.20 Å². The molecule has 21 heavy (non-hydrogen) atoms. The maximum atomic E-state index is 4.34. The largest absolute Gasteiger partial charge is 0.301 e. The molecule has 2 rings (SSSR count). The third-order valence-electron chi connectivity index (χ3n) is 4.72. The summed E-state index contributed by atoms with van der Waals surface area (Å²) >= 11 is 0. The molecule has 1 aromatic rings. The topological polar surface area (TPSA) is 34.0 Å². The second-order valence-corrected chi connectivity index (χ2v) is 7.03. The number of piperidine rings is 1. The molecule has 4 nitrogen and oxygen atoms in total. The van der Waals surface area contributed by atoms with Crippen LogP contribution >= 0.6 is 0 Å². The predicted molar refractivity (Wildman–Crippen MR) is 87.4 cm³/mol. The molecule has 2 heterocycles. The van der Waals surface area contributed by atoms with Gasteiger partial charge in [-0.1, -0.05) is 32.4 Å². The zero-order valence-electron chi connectivity index (χ0n) is 14.3. The van der Waals surface area contributed by atoms with Crippen LogP contribution in [0.2, 0.25) is 0 Å². The maximum Gasteiger partial charge on any atom is 0.0827 e. The van der Waals surface area contributed by atoms with Gasteiger partial charge in [0, 0.05) is 25.3 Å². The van der Waals surface area contributed by atoms with Crippen molar-refractivity contribution in [3.63, 3.8) is 0 Å². The summed E-state index contributed by atoms with van der Waals surface area (Å²) in [5.74, 6) is 0.817. The number of likely N-dealkylation sites (tertiary alicyclic amines) is 1. The van der Waals surface area contributed by atoms with E-state index in [1.807, 2.05) is 0 Å². The molecular weight excluding hydrogens is 260 g/mol. The quantitative estimate of drug-likeness (QED) is 0.768. The van der Waals surface area contributed by atoms with Crippen molar-refractivity contribution in [2.24, 2.45) is 5.92 Å². The number of rotatable bonds is 7. The van der Waals surface area contributed by atoms with Gasteiger partial charge in [-0.3, -0.25) is 0 Å². The molecular formula is C17H32N4. The van der Waals surface area contributed by atoms with Crippen LogP contribution in [-0.4, -0.2) is 39.0 Å². The summed E-state index contributed by atoms with van der Waals surface area (Å²) in [6.07, 6.45) is 9.43.